The van der Waals surface area contributed by atoms with Gasteiger partial charge in [-0.15, -0.1) is 0 Å². The van der Waals surface area contributed by atoms with Crippen LogP contribution in [0.2, 0.25) is 0 Å². The Labute approximate surface area is 161 Å². The highest BCUT2D eigenvalue weighted by Gasteiger charge is 2.25. The lowest BCUT2D eigenvalue weighted by Crippen LogP contribution is -2.44. The number of rotatable bonds is 8. The predicted octanol–water partition coefficient (Wildman–Crippen LogP) is 3.58. The summed E-state index contributed by atoms with van der Waals surface area (Å²) < 4.78 is 15.6. The van der Waals surface area contributed by atoms with Crippen molar-refractivity contribution in [1.82, 2.24) is 4.90 Å². The molecular weight excluding hydrogens is 346 g/mol. The number of methoxy groups -OCH3 is 2. The lowest BCUT2D eigenvalue weighted by molar-refractivity contribution is -0.143. The molecule has 0 bridgehead atoms. The lowest BCUT2D eigenvalue weighted by Gasteiger charge is -2.33. The maximum Gasteiger partial charge on any atom is 0.307 e. The van der Waals surface area contributed by atoms with Crippen molar-refractivity contribution in [2.24, 2.45) is 0 Å². The van der Waals surface area contributed by atoms with Crippen molar-refractivity contribution in [3.05, 3.63) is 24.3 Å². The smallest absolute Gasteiger partial charge is 0.307 e. The maximum absolute atomic E-state index is 12.9. The second-order valence-electron chi connectivity index (χ2n) is 6.88. The molecule has 1 saturated carbocycles. The molecule has 2 rings (SSSR count). The molecule has 0 spiro atoms. The highest BCUT2D eigenvalue weighted by Crippen LogP contribution is 2.23. The average Bonchev–Trinajstić information content (AvgIpc) is 2.67. The van der Waals surface area contributed by atoms with E-state index in [4.69, 9.17) is 14.2 Å². The number of amides is 1. The van der Waals surface area contributed by atoms with Crippen molar-refractivity contribution in [2.75, 3.05) is 27.4 Å². The average molecular weight is 377 g/mol. The van der Waals surface area contributed by atoms with E-state index in [2.05, 4.69) is 0 Å². The molecule has 1 aromatic carbocycles. The van der Waals surface area contributed by atoms with Crippen LogP contribution in [0, 0.1) is 0 Å². The molecule has 0 atom stereocenters. The van der Waals surface area contributed by atoms with Gasteiger partial charge in [-0.25, -0.2) is 0 Å². The Morgan fingerprint density at radius 1 is 1.04 bits per heavy atom. The van der Waals surface area contributed by atoms with E-state index >= 15 is 0 Å². The first-order valence-electron chi connectivity index (χ1n) is 9.77. The maximum atomic E-state index is 12.9. The van der Waals surface area contributed by atoms with Gasteiger partial charge in [0.05, 0.1) is 20.6 Å². The molecule has 150 valence electrons. The summed E-state index contributed by atoms with van der Waals surface area (Å²) in [7, 11) is 2.96. The number of benzene rings is 1. The quantitative estimate of drug-likeness (QED) is 0.648. The predicted molar refractivity (Wildman–Crippen MR) is 103 cm³/mol. The molecule has 1 aliphatic carbocycles. The monoisotopic (exact) mass is 377 g/mol. The van der Waals surface area contributed by atoms with E-state index in [-0.39, 0.29) is 30.9 Å². The van der Waals surface area contributed by atoms with Crippen molar-refractivity contribution < 1.29 is 23.8 Å². The van der Waals surface area contributed by atoms with Crippen molar-refractivity contribution in [3.63, 3.8) is 0 Å². The van der Waals surface area contributed by atoms with Gasteiger partial charge in [-0.3, -0.25) is 9.59 Å². The van der Waals surface area contributed by atoms with Crippen LogP contribution >= 0.6 is 0 Å². The molecule has 1 aliphatic rings. The van der Waals surface area contributed by atoms with Gasteiger partial charge < -0.3 is 19.1 Å². The van der Waals surface area contributed by atoms with E-state index in [0.717, 1.165) is 25.7 Å². The van der Waals surface area contributed by atoms with Crippen molar-refractivity contribution in [2.45, 2.75) is 57.4 Å². The van der Waals surface area contributed by atoms with Crippen molar-refractivity contribution >= 4 is 11.9 Å². The Morgan fingerprint density at radius 3 is 2.37 bits per heavy atom. The van der Waals surface area contributed by atoms with Gasteiger partial charge in [0.2, 0.25) is 0 Å². The molecule has 0 N–H and O–H groups in total. The lowest BCUT2D eigenvalue weighted by atomic mass is 9.95. The van der Waals surface area contributed by atoms with Crippen LogP contribution in [0.4, 0.5) is 0 Å². The SMILES string of the molecule is COC(=O)CCN(C(=O)COc1cccc(OC)c1)C1CCCCCCC1. The minimum absolute atomic E-state index is 0.0508. The molecule has 1 fully saturated rings. The molecule has 0 radical (unpaired) electrons. The van der Waals surface area contributed by atoms with Gasteiger partial charge in [-0.2, -0.15) is 0 Å². The highest BCUT2D eigenvalue weighted by atomic mass is 16.5. The molecule has 1 amide bonds. The van der Waals surface area contributed by atoms with E-state index < -0.39 is 0 Å². The largest absolute Gasteiger partial charge is 0.497 e. The third-order valence-electron chi connectivity index (χ3n) is 5.02. The number of ether oxygens (including phenoxy) is 3. The fraction of sp³-hybridized carbons (Fsp3) is 0.619. The summed E-state index contributed by atoms with van der Waals surface area (Å²) in [5, 5.41) is 0. The molecule has 0 aliphatic heterocycles. The summed E-state index contributed by atoms with van der Waals surface area (Å²) in [4.78, 5) is 26.3. The first-order chi connectivity index (χ1) is 13.1. The van der Waals surface area contributed by atoms with Crippen LogP contribution < -0.4 is 9.47 Å². The van der Waals surface area contributed by atoms with Crippen LogP contribution in [0.1, 0.15) is 51.4 Å². The van der Waals surface area contributed by atoms with Gasteiger partial charge in [-0.1, -0.05) is 38.2 Å². The van der Waals surface area contributed by atoms with Crippen LogP contribution in [0.3, 0.4) is 0 Å². The van der Waals surface area contributed by atoms with Gasteiger partial charge in [-0.05, 0) is 25.0 Å². The standard InChI is InChI=1S/C21H31NO5/c1-25-18-11-8-12-19(15-18)27-16-20(23)22(14-13-21(24)26-2)17-9-6-4-3-5-7-10-17/h8,11-12,15,17H,3-7,9-10,13-14,16H2,1-2H3. The summed E-state index contributed by atoms with van der Waals surface area (Å²) in [5.74, 6) is 0.885. The Hall–Kier alpha value is -2.24. The topological polar surface area (TPSA) is 65.1 Å². The minimum atomic E-state index is -0.299. The number of esters is 1. The highest BCUT2D eigenvalue weighted by molar-refractivity contribution is 5.79. The second kappa shape index (κ2) is 11.5. The zero-order valence-corrected chi connectivity index (χ0v) is 16.4. The van der Waals surface area contributed by atoms with Gasteiger partial charge in [0.15, 0.2) is 6.61 Å². The Balaban J connectivity index is 2.00. The third-order valence-corrected chi connectivity index (χ3v) is 5.02. The first-order valence-corrected chi connectivity index (χ1v) is 9.77. The van der Waals surface area contributed by atoms with Gasteiger partial charge in [0, 0.05) is 18.7 Å². The van der Waals surface area contributed by atoms with Crippen LogP contribution in [0.25, 0.3) is 0 Å². The Bertz CT molecular complexity index is 596. The molecule has 0 unspecified atom stereocenters. The number of carbonyl (C=O) groups excluding carboxylic acids is 2. The fourth-order valence-electron chi connectivity index (χ4n) is 3.49. The van der Waals surface area contributed by atoms with Crippen molar-refractivity contribution in [1.29, 1.82) is 0 Å². The first kappa shape index (κ1) is 21.1. The zero-order valence-electron chi connectivity index (χ0n) is 16.4. The summed E-state index contributed by atoms with van der Waals surface area (Å²) in [6.07, 6.45) is 8.07. The Kier molecular flexibility index (Phi) is 8.95. The minimum Gasteiger partial charge on any atom is -0.497 e. The molecule has 27 heavy (non-hydrogen) atoms. The summed E-state index contributed by atoms with van der Waals surface area (Å²) in [6.45, 7) is 0.322. The third kappa shape index (κ3) is 7.12. The number of nitrogens with zero attached hydrogens (tertiary/aromatic N) is 1. The number of hydrogen-bond donors (Lipinski definition) is 0. The molecule has 6 nitrogen and oxygen atoms in total. The molecular formula is C21H31NO5. The molecule has 0 heterocycles. The fourth-order valence-corrected chi connectivity index (χ4v) is 3.49. The van der Waals surface area contributed by atoms with E-state index in [1.54, 1.807) is 19.2 Å². The summed E-state index contributed by atoms with van der Waals surface area (Å²) in [5.41, 5.74) is 0. The number of carbonyl (C=O) groups is 2. The van der Waals surface area contributed by atoms with E-state index in [1.165, 1.54) is 26.4 Å². The number of hydrogen-bond acceptors (Lipinski definition) is 5. The van der Waals surface area contributed by atoms with Crippen LogP contribution in [-0.2, 0) is 14.3 Å². The van der Waals surface area contributed by atoms with Gasteiger partial charge in [0.1, 0.15) is 11.5 Å². The molecule has 0 aromatic heterocycles. The molecule has 6 heteroatoms. The van der Waals surface area contributed by atoms with Crippen molar-refractivity contribution in [3.8, 4) is 11.5 Å². The van der Waals surface area contributed by atoms with E-state index in [0.29, 0.717) is 18.0 Å². The Morgan fingerprint density at radius 2 is 1.70 bits per heavy atom. The summed E-state index contributed by atoms with van der Waals surface area (Å²) >= 11 is 0. The van der Waals surface area contributed by atoms with Crippen LogP contribution in [0.15, 0.2) is 24.3 Å². The molecule has 1 aromatic rings. The van der Waals surface area contributed by atoms with Gasteiger partial charge >= 0.3 is 5.97 Å². The zero-order chi connectivity index (χ0) is 19.5. The van der Waals surface area contributed by atoms with Crippen LogP contribution in [0.5, 0.6) is 11.5 Å². The van der Waals surface area contributed by atoms with Crippen LogP contribution in [-0.4, -0.2) is 50.2 Å². The summed E-state index contributed by atoms with van der Waals surface area (Å²) in [6, 6.07) is 7.36. The second-order valence-corrected chi connectivity index (χ2v) is 6.88. The van der Waals surface area contributed by atoms with E-state index in [9.17, 15) is 9.59 Å². The van der Waals surface area contributed by atoms with Gasteiger partial charge in [0.25, 0.3) is 5.91 Å². The molecule has 0 saturated heterocycles. The van der Waals surface area contributed by atoms with E-state index in [1.807, 2.05) is 17.0 Å². The normalized spacial score (nSPS) is 15.3.